The molecule has 3 heteroatoms. The van der Waals surface area contributed by atoms with Gasteiger partial charge in [-0.2, -0.15) is 0 Å². The molecule has 1 rings (SSSR count). The van der Waals surface area contributed by atoms with Crippen LogP contribution in [0.5, 0.6) is 0 Å². The number of alkyl halides is 1. The van der Waals surface area contributed by atoms with Crippen molar-refractivity contribution in [1.82, 2.24) is 0 Å². The van der Waals surface area contributed by atoms with Gasteiger partial charge in [0.2, 0.25) is 0 Å². The molecule has 0 aromatic heterocycles. The van der Waals surface area contributed by atoms with Crippen molar-refractivity contribution < 1.29 is 9.84 Å². The van der Waals surface area contributed by atoms with Gasteiger partial charge in [0.05, 0.1) is 18.8 Å². The zero-order valence-electron chi connectivity index (χ0n) is 5.22. The molecule has 2 unspecified atom stereocenters. The first-order valence-corrected chi connectivity index (χ1v) is 3.72. The molecular weight excluding hydrogens is 140 g/mol. The van der Waals surface area contributed by atoms with Crippen molar-refractivity contribution in [3.63, 3.8) is 0 Å². The summed E-state index contributed by atoms with van der Waals surface area (Å²) in [5.74, 6) is 0.552. The number of aliphatic hydroxyl groups is 1. The molecule has 1 N–H and O–H groups in total. The van der Waals surface area contributed by atoms with E-state index in [0.29, 0.717) is 5.88 Å². The van der Waals surface area contributed by atoms with Gasteiger partial charge < -0.3 is 9.84 Å². The number of aliphatic hydroxyl groups excluding tert-OH is 1. The van der Waals surface area contributed by atoms with E-state index >= 15 is 0 Å². The molecule has 0 aromatic carbocycles. The molecule has 1 fully saturated rings. The molecule has 0 spiro atoms. The minimum absolute atomic E-state index is 0.0498. The van der Waals surface area contributed by atoms with Gasteiger partial charge in [0.25, 0.3) is 0 Å². The molecule has 0 amide bonds. The highest BCUT2D eigenvalue weighted by Crippen LogP contribution is 2.19. The van der Waals surface area contributed by atoms with Crippen LogP contribution in [-0.4, -0.2) is 29.8 Å². The Morgan fingerprint density at radius 1 is 1.44 bits per heavy atom. The van der Waals surface area contributed by atoms with Crippen LogP contribution >= 0.6 is 11.6 Å². The van der Waals surface area contributed by atoms with Crippen LogP contribution in [0.15, 0.2) is 0 Å². The summed E-state index contributed by atoms with van der Waals surface area (Å²) in [6, 6.07) is 0. The van der Waals surface area contributed by atoms with Crippen LogP contribution in [0.3, 0.4) is 0 Å². The highest BCUT2D eigenvalue weighted by atomic mass is 35.5. The van der Waals surface area contributed by atoms with Crippen LogP contribution in [0, 0.1) is 0 Å². The van der Waals surface area contributed by atoms with Crippen molar-refractivity contribution in [2.75, 3.05) is 12.5 Å². The lowest BCUT2D eigenvalue weighted by Gasteiger charge is -2.07. The van der Waals surface area contributed by atoms with E-state index in [1.165, 1.54) is 0 Å². The van der Waals surface area contributed by atoms with Crippen LogP contribution in [0.2, 0.25) is 0 Å². The van der Waals surface area contributed by atoms with Gasteiger partial charge in [0.15, 0.2) is 0 Å². The van der Waals surface area contributed by atoms with E-state index in [-0.39, 0.29) is 18.8 Å². The van der Waals surface area contributed by atoms with Crippen LogP contribution in [0.1, 0.15) is 12.8 Å². The van der Waals surface area contributed by atoms with Gasteiger partial charge in [-0.3, -0.25) is 0 Å². The summed E-state index contributed by atoms with van der Waals surface area (Å²) in [6.45, 7) is 0.132. The van der Waals surface area contributed by atoms with E-state index in [2.05, 4.69) is 0 Å². The Morgan fingerprint density at radius 2 is 2.11 bits per heavy atom. The second kappa shape index (κ2) is 3.40. The third-order valence-corrected chi connectivity index (χ3v) is 1.92. The molecule has 2 nitrogen and oxygen atoms in total. The summed E-state index contributed by atoms with van der Waals surface area (Å²) in [4.78, 5) is 0. The van der Waals surface area contributed by atoms with Crippen LogP contribution in [-0.2, 0) is 4.74 Å². The lowest BCUT2D eigenvalue weighted by Crippen LogP contribution is -2.14. The molecule has 0 saturated carbocycles. The molecule has 0 bridgehead atoms. The summed E-state index contributed by atoms with van der Waals surface area (Å²) in [7, 11) is 0. The number of rotatable bonds is 2. The van der Waals surface area contributed by atoms with Gasteiger partial charge in [-0.25, -0.2) is 0 Å². The Morgan fingerprint density at radius 3 is 2.44 bits per heavy atom. The third kappa shape index (κ3) is 1.81. The zero-order valence-corrected chi connectivity index (χ0v) is 5.97. The predicted octanol–water partition coefficient (Wildman–Crippen LogP) is 0.765. The van der Waals surface area contributed by atoms with Crippen LogP contribution < -0.4 is 0 Å². The Bertz CT molecular complexity index is 77.1. The topological polar surface area (TPSA) is 29.5 Å². The number of halogens is 1. The maximum Gasteiger partial charge on any atom is 0.0811 e. The number of hydrogen-bond donors (Lipinski definition) is 1. The van der Waals surface area contributed by atoms with Crippen molar-refractivity contribution in [3.8, 4) is 0 Å². The van der Waals surface area contributed by atoms with Crippen molar-refractivity contribution in [2.24, 2.45) is 0 Å². The molecular formula is C6H11ClO2. The Labute approximate surface area is 59.8 Å². The second-order valence-electron chi connectivity index (χ2n) is 2.29. The first-order chi connectivity index (χ1) is 4.36. The van der Waals surface area contributed by atoms with Gasteiger partial charge in [-0.15, -0.1) is 11.6 Å². The Balaban J connectivity index is 2.20. The largest absolute Gasteiger partial charge is 0.394 e. The maximum absolute atomic E-state index is 8.61. The molecule has 0 radical (unpaired) electrons. The molecule has 54 valence electrons. The number of hydrogen-bond acceptors (Lipinski definition) is 2. The van der Waals surface area contributed by atoms with Gasteiger partial charge in [0, 0.05) is 5.88 Å². The SMILES string of the molecule is OCC1CCC(CCl)O1. The summed E-state index contributed by atoms with van der Waals surface area (Å²) in [5, 5.41) is 8.61. The minimum atomic E-state index is 0.0498. The van der Waals surface area contributed by atoms with Crippen LogP contribution in [0.25, 0.3) is 0 Å². The molecule has 1 aliphatic rings. The van der Waals surface area contributed by atoms with Crippen molar-refractivity contribution in [2.45, 2.75) is 25.0 Å². The van der Waals surface area contributed by atoms with E-state index in [4.69, 9.17) is 21.4 Å². The average Bonchev–Trinajstić information content (AvgIpc) is 2.34. The van der Waals surface area contributed by atoms with Crippen molar-refractivity contribution in [1.29, 1.82) is 0 Å². The highest BCUT2D eigenvalue weighted by Gasteiger charge is 2.23. The van der Waals surface area contributed by atoms with E-state index < -0.39 is 0 Å². The zero-order chi connectivity index (χ0) is 6.69. The summed E-state index contributed by atoms with van der Waals surface area (Å²) < 4.78 is 5.28. The molecule has 1 heterocycles. The molecule has 0 aliphatic carbocycles. The monoisotopic (exact) mass is 150 g/mol. The predicted molar refractivity (Wildman–Crippen MR) is 35.7 cm³/mol. The normalized spacial score (nSPS) is 35.3. The molecule has 1 aliphatic heterocycles. The highest BCUT2D eigenvalue weighted by molar-refractivity contribution is 6.18. The van der Waals surface area contributed by atoms with Gasteiger partial charge in [-0.1, -0.05) is 0 Å². The first kappa shape index (κ1) is 7.32. The fraction of sp³-hybridized carbons (Fsp3) is 1.00. The van der Waals surface area contributed by atoms with E-state index in [1.54, 1.807) is 0 Å². The summed E-state index contributed by atoms with van der Waals surface area (Å²) in [6.07, 6.45) is 2.18. The number of ether oxygens (including phenoxy) is 1. The fourth-order valence-electron chi connectivity index (χ4n) is 1.03. The van der Waals surface area contributed by atoms with Gasteiger partial charge in [0.1, 0.15) is 0 Å². The molecule has 9 heavy (non-hydrogen) atoms. The van der Waals surface area contributed by atoms with Crippen molar-refractivity contribution >= 4 is 11.6 Å². The second-order valence-corrected chi connectivity index (χ2v) is 2.60. The smallest absolute Gasteiger partial charge is 0.0811 e. The molecule has 1 saturated heterocycles. The fourth-order valence-corrected chi connectivity index (χ4v) is 1.25. The standard InChI is InChI=1S/C6H11ClO2/c7-3-5-1-2-6(4-8)9-5/h5-6,8H,1-4H2. The summed E-state index contributed by atoms with van der Waals surface area (Å²) in [5.41, 5.74) is 0. The van der Waals surface area contributed by atoms with Crippen LogP contribution in [0.4, 0.5) is 0 Å². The maximum atomic E-state index is 8.61. The quantitative estimate of drug-likeness (QED) is 0.590. The summed E-state index contributed by atoms with van der Waals surface area (Å²) >= 11 is 5.52. The molecule has 2 atom stereocenters. The van der Waals surface area contributed by atoms with E-state index in [1.807, 2.05) is 0 Å². The third-order valence-electron chi connectivity index (χ3n) is 1.57. The van der Waals surface area contributed by atoms with Gasteiger partial charge in [-0.05, 0) is 12.8 Å². The molecule has 0 aromatic rings. The van der Waals surface area contributed by atoms with E-state index in [9.17, 15) is 0 Å². The van der Waals surface area contributed by atoms with Gasteiger partial charge >= 0.3 is 0 Å². The van der Waals surface area contributed by atoms with E-state index in [0.717, 1.165) is 12.8 Å². The lowest BCUT2D eigenvalue weighted by atomic mass is 10.2. The first-order valence-electron chi connectivity index (χ1n) is 3.19. The average molecular weight is 151 g/mol. The lowest BCUT2D eigenvalue weighted by molar-refractivity contribution is 0.0212. The van der Waals surface area contributed by atoms with Crippen molar-refractivity contribution in [3.05, 3.63) is 0 Å². The minimum Gasteiger partial charge on any atom is -0.394 e. The Kier molecular flexibility index (Phi) is 2.76. The Hall–Kier alpha value is 0.210.